The van der Waals surface area contributed by atoms with E-state index in [1.807, 2.05) is 39.2 Å². The number of fused-ring (bicyclic) bond motifs is 3. The van der Waals surface area contributed by atoms with E-state index in [1.54, 1.807) is 7.11 Å². The summed E-state index contributed by atoms with van der Waals surface area (Å²) in [4.78, 5) is 22.1. The molecule has 0 unspecified atom stereocenters. The number of aryl methyl sites for hydroxylation is 1. The number of hydrogen-bond donors (Lipinski definition) is 1. The van der Waals surface area contributed by atoms with Crippen molar-refractivity contribution in [1.82, 2.24) is 24.8 Å². The summed E-state index contributed by atoms with van der Waals surface area (Å²) in [6.45, 7) is 4.62. The maximum absolute atomic E-state index is 6.18. The minimum Gasteiger partial charge on any atom is -0.497 e. The molecule has 0 radical (unpaired) electrons. The molecule has 3 heterocycles. The molecular weight excluding hydrogens is 464 g/mol. The van der Waals surface area contributed by atoms with Crippen LogP contribution in [0.3, 0.4) is 0 Å². The third-order valence-electron chi connectivity index (χ3n) is 6.66. The highest BCUT2D eigenvalue weighted by Gasteiger charge is 2.21. The molecule has 0 bridgehead atoms. The Kier molecular flexibility index (Phi) is 5.88. The first-order valence-corrected chi connectivity index (χ1v) is 12.4. The van der Waals surface area contributed by atoms with Crippen LogP contribution < -0.4 is 14.4 Å². The Hall–Kier alpha value is -4.17. The summed E-state index contributed by atoms with van der Waals surface area (Å²) >= 11 is 0. The lowest BCUT2D eigenvalue weighted by molar-refractivity contribution is 0.331. The van der Waals surface area contributed by atoms with Gasteiger partial charge in [0.05, 0.1) is 36.7 Å². The highest BCUT2D eigenvalue weighted by molar-refractivity contribution is 5.90. The van der Waals surface area contributed by atoms with Crippen LogP contribution in [0, 0.1) is 6.92 Å². The van der Waals surface area contributed by atoms with E-state index in [4.69, 9.17) is 19.4 Å². The molecule has 0 amide bonds. The van der Waals surface area contributed by atoms with Gasteiger partial charge in [-0.05, 0) is 68.5 Å². The molecule has 0 saturated carbocycles. The van der Waals surface area contributed by atoms with Gasteiger partial charge in [-0.25, -0.2) is 15.0 Å². The first kappa shape index (κ1) is 23.2. The predicted molar refractivity (Wildman–Crippen MR) is 146 cm³/mol. The molecule has 1 N–H and O–H groups in total. The first-order valence-electron chi connectivity index (χ1n) is 12.4. The van der Waals surface area contributed by atoms with Gasteiger partial charge in [0, 0.05) is 23.6 Å². The number of aromatic nitrogens is 4. The SMILES string of the molecule is COc1ccc2c(N3CCOc4ccc(-c5ccc6[nH]c(C)nc6c5)cc4C3)nc(CN(C)C)nc2c1. The fraction of sp³-hybridized carbons (Fsp3) is 0.276. The Morgan fingerprint density at radius 3 is 2.65 bits per heavy atom. The zero-order valence-corrected chi connectivity index (χ0v) is 21.6. The number of benzene rings is 3. The van der Waals surface area contributed by atoms with Crippen molar-refractivity contribution in [2.45, 2.75) is 20.0 Å². The molecule has 0 spiro atoms. The van der Waals surface area contributed by atoms with Crippen LogP contribution in [-0.4, -0.2) is 59.2 Å². The molecule has 2 aromatic heterocycles. The Bertz CT molecular complexity index is 1610. The van der Waals surface area contributed by atoms with Gasteiger partial charge in [0.25, 0.3) is 0 Å². The largest absolute Gasteiger partial charge is 0.497 e. The molecule has 1 aliphatic heterocycles. The van der Waals surface area contributed by atoms with Gasteiger partial charge >= 0.3 is 0 Å². The van der Waals surface area contributed by atoms with E-state index in [0.717, 1.165) is 74.1 Å². The molecule has 3 aromatic carbocycles. The minimum atomic E-state index is 0.579. The second-order valence-corrected chi connectivity index (χ2v) is 9.73. The van der Waals surface area contributed by atoms with E-state index in [2.05, 4.69) is 56.2 Å². The van der Waals surface area contributed by atoms with Gasteiger partial charge in [-0.2, -0.15) is 0 Å². The maximum atomic E-state index is 6.18. The summed E-state index contributed by atoms with van der Waals surface area (Å²) in [5, 5.41) is 1.00. The molecule has 8 nitrogen and oxygen atoms in total. The lowest BCUT2D eigenvalue weighted by Gasteiger charge is -2.24. The molecule has 37 heavy (non-hydrogen) atoms. The Labute approximate surface area is 215 Å². The molecule has 0 atom stereocenters. The van der Waals surface area contributed by atoms with E-state index < -0.39 is 0 Å². The normalized spacial score (nSPS) is 13.6. The number of nitrogens with zero attached hydrogens (tertiary/aromatic N) is 5. The van der Waals surface area contributed by atoms with E-state index in [0.29, 0.717) is 19.7 Å². The number of rotatable bonds is 5. The third-order valence-corrected chi connectivity index (χ3v) is 6.66. The average molecular weight is 495 g/mol. The maximum Gasteiger partial charge on any atom is 0.145 e. The van der Waals surface area contributed by atoms with Crippen LogP contribution in [0.4, 0.5) is 5.82 Å². The van der Waals surface area contributed by atoms with E-state index in [1.165, 1.54) is 0 Å². The van der Waals surface area contributed by atoms with Gasteiger partial charge < -0.3 is 24.3 Å². The fourth-order valence-electron chi connectivity index (χ4n) is 4.93. The highest BCUT2D eigenvalue weighted by Crippen LogP contribution is 2.34. The van der Waals surface area contributed by atoms with Gasteiger partial charge in [-0.3, -0.25) is 0 Å². The molecule has 0 aliphatic carbocycles. The van der Waals surface area contributed by atoms with Crippen molar-refractivity contribution in [2.75, 3.05) is 39.3 Å². The summed E-state index contributed by atoms with van der Waals surface area (Å²) < 4.78 is 11.6. The monoisotopic (exact) mass is 494 g/mol. The number of hydrogen-bond acceptors (Lipinski definition) is 7. The summed E-state index contributed by atoms with van der Waals surface area (Å²) in [5.41, 5.74) is 6.29. The molecule has 0 saturated heterocycles. The number of H-pyrrole nitrogens is 1. The van der Waals surface area contributed by atoms with Crippen molar-refractivity contribution in [3.05, 3.63) is 71.8 Å². The molecular formula is C29H30N6O2. The third kappa shape index (κ3) is 4.56. The molecule has 0 fully saturated rings. The van der Waals surface area contributed by atoms with Crippen LogP contribution in [0.25, 0.3) is 33.1 Å². The molecule has 188 valence electrons. The second kappa shape index (κ2) is 9.37. The molecule has 8 heteroatoms. The van der Waals surface area contributed by atoms with Gasteiger partial charge in [0.2, 0.25) is 0 Å². The van der Waals surface area contributed by atoms with Crippen molar-refractivity contribution in [1.29, 1.82) is 0 Å². The Morgan fingerprint density at radius 2 is 1.81 bits per heavy atom. The van der Waals surface area contributed by atoms with Gasteiger partial charge in [0.1, 0.15) is 35.6 Å². The zero-order valence-electron chi connectivity index (χ0n) is 21.6. The predicted octanol–water partition coefficient (Wildman–Crippen LogP) is 4.95. The number of nitrogens with one attached hydrogen (secondary N) is 1. The summed E-state index contributed by atoms with van der Waals surface area (Å²) in [7, 11) is 5.73. The van der Waals surface area contributed by atoms with E-state index >= 15 is 0 Å². The second-order valence-electron chi connectivity index (χ2n) is 9.73. The molecule has 6 rings (SSSR count). The van der Waals surface area contributed by atoms with Crippen LogP contribution in [0.1, 0.15) is 17.2 Å². The number of ether oxygens (including phenoxy) is 2. The summed E-state index contributed by atoms with van der Waals surface area (Å²) in [6.07, 6.45) is 0. The fourth-order valence-corrected chi connectivity index (χ4v) is 4.93. The number of imidazole rings is 1. The average Bonchev–Trinajstić information content (AvgIpc) is 3.13. The van der Waals surface area contributed by atoms with Crippen molar-refractivity contribution >= 4 is 27.8 Å². The summed E-state index contributed by atoms with van der Waals surface area (Å²) in [5.74, 6) is 4.31. The Morgan fingerprint density at radius 1 is 0.973 bits per heavy atom. The van der Waals surface area contributed by atoms with Crippen LogP contribution in [0.2, 0.25) is 0 Å². The number of anilines is 1. The lowest BCUT2D eigenvalue weighted by atomic mass is 10.0. The topological polar surface area (TPSA) is 79.4 Å². The quantitative estimate of drug-likeness (QED) is 0.370. The van der Waals surface area contributed by atoms with Gasteiger partial charge in [-0.1, -0.05) is 12.1 Å². The molecule has 5 aromatic rings. The zero-order chi connectivity index (χ0) is 25.5. The van der Waals surface area contributed by atoms with Crippen LogP contribution in [0.5, 0.6) is 11.5 Å². The smallest absolute Gasteiger partial charge is 0.145 e. The van der Waals surface area contributed by atoms with Crippen LogP contribution in [-0.2, 0) is 13.1 Å². The van der Waals surface area contributed by atoms with Gasteiger partial charge in [-0.15, -0.1) is 0 Å². The minimum absolute atomic E-state index is 0.579. The van der Waals surface area contributed by atoms with E-state index in [9.17, 15) is 0 Å². The van der Waals surface area contributed by atoms with Crippen molar-refractivity contribution in [3.8, 4) is 22.6 Å². The first-order chi connectivity index (χ1) is 18.0. The van der Waals surface area contributed by atoms with E-state index in [-0.39, 0.29) is 0 Å². The van der Waals surface area contributed by atoms with Gasteiger partial charge in [0.15, 0.2) is 0 Å². The van der Waals surface area contributed by atoms with Crippen molar-refractivity contribution in [2.24, 2.45) is 0 Å². The van der Waals surface area contributed by atoms with Crippen LogP contribution in [0.15, 0.2) is 54.6 Å². The summed E-state index contributed by atoms with van der Waals surface area (Å²) in [6, 6.07) is 18.8. The van der Waals surface area contributed by atoms with Crippen molar-refractivity contribution < 1.29 is 9.47 Å². The number of aromatic amines is 1. The molecule has 1 aliphatic rings. The lowest BCUT2D eigenvalue weighted by Crippen LogP contribution is -2.27. The van der Waals surface area contributed by atoms with Crippen LogP contribution >= 0.6 is 0 Å². The highest BCUT2D eigenvalue weighted by atomic mass is 16.5. The number of methoxy groups -OCH3 is 1. The Balaban J connectivity index is 1.40. The van der Waals surface area contributed by atoms with Crippen molar-refractivity contribution in [3.63, 3.8) is 0 Å². The standard InChI is InChI=1S/C29H30N6O2/c1-18-30-24-9-5-20(14-26(24)31-18)19-6-10-27-21(13-19)16-35(11-12-37-27)29-23-8-7-22(36-4)15-25(23)32-28(33-29)17-34(2)3/h5-10,13-15H,11-12,16-17H2,1-4H3,(H,30,31).